The van der Waals surface area contributed by atoms with E-state index in [-0.39, 0.29) is 23.9 Å². The SMILES string of the molecule is C=C(C)CC(C)C(=O)NCc1cc(C(=O)O)c(C)o1. The van der Waals surface area contributed by atoms with Crippen LogP contribution in [0.3, 0.4) is 0 Å². The lowest BCUT2D eigenvalue weighted by Gasteiger charge is -2.10. The molecule has 0 saturated heterocycles. The van der Waals surface area contributed by atoms with Crippen LogP contribution in [0.25, 0.3) is 0 Å². The summed E-state index contributed by atoms with van der Waals surface area (Å²) in [4.78, 5) is 22.6. The number of aromatic carboxylic acids is 1. The fourth-order valence-corrected chi connectivity index (χ4v) is 1.81. The number of carbonyl (C=O) groups is 2. The Hall–Kier alpha value is -2.04. The molecule has 0 aliphatic heterocycles. The molecular formula is C14H19NO4. The first kappa shape index (κ1) is 15.0. The van der Waals surface area contributed by atoms with Gasteiger partial charge < -0.3 is 14.8 Å². The van der Waals surface area contributed by atoms with Crippen LogP contribution >= 0.6 is 0 Å². The van der Waals surface area contributed by atoms with Gasteiger partial charge in [-0.25, -0.2) is 4.79 Å². The minimum absolute atomic E-state index is 0.103. The predicted molar refractivity (Wildman–Crippen MR) is 70.8 cm³/mol. The molecule has 1 amide bonds. The summed E-state index contributed by atoms with van der Waals surface area (Å²) in [7, 11) is 0. The van der Waals surface area contributed by atoms with Gasteiger partial charge in [-0.15, -0.1) is 6.58 Å². The zero-order chi connectivity index (χ0) is 14.6. The largest absolute Gasteiger partial charge is 0.478 e. The van der Waals surface area contributed by atoms with Gasteiger partial charge in [0.15, 0.2) is 0 Å². The highest BCUT2D eigenvalue weighted by atomic mass is 16.4. The van der Waals surface area contributed by atoms with Gasteiger partial charge in [-0.2, -0.15) is 0 Å². The first-order valence-electron chi connectivity index (χ1n) is 6.06. The number of nitrogens with one attached hydrogen (secondary N) is 1. The molecule has 5 heteroatoms. The molecule has 5 nitrogen and oxygen atoms in total. The van der Waals surface area contributed by atoms with Crippen molar-refractivity contribution in [1.29, 1.82) is 0 Å². The van der Waals surface area contributed by atoms with Crippen LogP contribution in [0.4, 0.5) is 0 Å². The van der Waals surface area contributed by atoms with Gasteiger partial charge >= 0.3 is 5.97 Å². The Morgan fingerprint density at radius 2 is 2.16 bits per heavy atom. The van der Waals surface area contributed by atoms with Gasteiger partial charge in [0.2, 0.25) is 5.91 Å². The monoisotopic (exact) mass is 265 g/mol. The highest BCUT2D eigenvalue weighted by Gasteiger charge is 2.16. The molecule has 0 fully saturated rings. The first-order valence-corrected chi connectivity index (χ1v) is 6.06. The summed E-state index contributed by atoms with van der Waals surface area (Å²) in [5.41, 5.74) is 1.07. The molecule has 1 unspecified atom stereocenters. The summed E-state index contributed by atoms with van der Waals surface area (Å²) >= 11 is 0. The van der Waals surface area contributed by atoms with Gasteiger partial charge in [0.1, 0.15) is 17.1 Å². The van der Waals surface area contributed by atoms with Crippen LogP contribution in [-0.4, -0.2) is 17.0 Å². The van der Waals surface area contributed by atoms with Gasteiger partial charge in [-0.05, 0) is 26.3 Å². The number of carboxylic acids is 1. The van der Waals surface area contributed by atoms with E-state index in [4.69, 9.17) is 9.52 Å². The summed E-state index contributed by atoms with van der Waals surface area (Å²) in [5.74, 6) is -0.520. The number of hydrogen-bond donors (Lipinski definition) is 2. The molecule has 0 spiro atoms. The van der Waals surface area contributed by atoms with Crippen LogP contribution in [0.1, 0.15) is 42.1 Å². The number of allylic oxidation sites excluding steroid dienone is 1. The third-order valence-electron chi connectivity index (χ3n) is 2.74. The van der Waals surface area contributed by atoms with Gasteiger partial charge in [0.25, 0.3) is 0 Å². The van der Waals surface area contributed by atoms with Crippen molar-refractivity contribution < 1.29 is 19.1 Å². The van der Waals surface area contributed by atoms with Crippen LogP contribution in [0, 0.1) is 12.8 Å². The molecule has 0 bridgehead atoms. The molecular weight excluding hydrogens is 246 g/mol. The van der Waals surface area contributed by atoms with Crippen molar-refractivity contribution in [3.63, 3.8) is 0 Å². The van der Waals surface area contributed by atoms with Crippen molar-refractivity contribution in [3.05, 3.63) is 35.3 Å². The van der Waals surface area contributed by atoms with E-state index in [1.807, 2.05) is 13.8 Å². The molecule has 1 rings (SSSR count). The van der Waals surface area contributed by atoms with Crippen molar-refractivity contribution in [2.75, 3.05) is 0 Å². The summed E-state index contributed by atoms with van der Waals surface area (Å²) < 4.78 is 5.27. The molecule has 1 aromatic rings. The van der Waals surface area contributed by atoms with Gasteiger partial charge in [0, 0.05) is 5.92 Å². The van der Waals surface area contributed by atoms with E-state index in [0.29, 0.717) is 17.9 Å². The van der Waals surface area contributed by atoms with Crippen molar-refractivity contribution >= 4 is 11.9 Å². The van der Waals surface area contributed by atoms with Crippen LogP contribution < -0.4 is 5.32 Å². The summed E-state index contributed by atoms with van der Waals surface area (Å²) in [6, 6.07) is 1.43. The van der Waals surface area contributed by atoms with E-state index in [1.54, 1.807) is 6.92 Å². The van der Waals surface area contributed by atoms with Crippen LogP contribution in [0.15, 0.2) is 22.6 Å². The molecule has 0 radical (unpaired) electrons. The van der Waals surface area contributed by atoms with E-state index in [2.05, 4.69) is 11.9 Å². The number of amides is 1. The minimum Gasteiger partial charge on any atom is -0.478 e. The molecule has 0 aliphatic rings. The Balaban J connectivity index is 2.57. The van der Waals surface area contributed by atoms with E-state index < -0.39 is 5.97 Å². The molecule has 1 aromatic heterocycles. The lowest BCUT2D eigenvalue weighted by atomic mass is 10.0. The fraction of sp³-hybridized carbons (Fsp3) is 0.429. The number of carbonyl (C=O) groups excluding carboxylic acids is 1. The Morgan fingerprint density at radius 1 is 1.53 bits per heavy atom. The van der Waals surface area contributed by atoms with Gasteiger partial charge in [0.05, 0.1) is 6.54 Å². The zero-order valence-electron chi connectivity index (χ0n) is 11.4. The van der Waals surface area contributed by atoms with E-state index >= 15 is 0 Å². The molecule has 104 valence electrons. The molecule has 19 heavy (non-hydrogen) atoms. The summed E-state index contributed by atoms with van der Waals surface area (Å²) in [6.07, 6.45) is 0.628. The standard InChI is InChI=1S/C14H19NO4/c1-8(2)5-9(3)13(16)15-7-11-6-12(14(17)18)10(4)19-11/h6,9H,1,5,7H2,2-4H3,(H,15,16)(H,17,18). The fourth-order valence-electron chi connectivity index (χ4n) is 1.81. The lowest BCUT2D eigenvalue weighted by molar-refractivity contribution is -0.124. The highest BCUT2D eigenvalue weighted by Crippen LogP contribution is 2.15. The van der Waals surface area contributed by atoms with Crippen LogP contribution in [-0.2, 0) is 11.3 Å². The molecule has 1 heterocycles. The number of furan rings is 1. The Morgan fingerprint density at radius 3 is 2.63 bits per heavy atom. The number of carboxylic acid groups (broad SMARTS) is 1. The normalized spacial score (nSPS) is 11.9. The topological polar surface area (TPSA) is 79.5 Å². The molecule has 0 saturated carbocycles. The Kier molecular flexibility index (Phi) is 4.92. The Labute approximate surface area is 112 Å². The molecule has 1 atom stereocenters. The summed E-state index contributed by atoms with van der Waals surface area (Å²) in [5, 5.41) is 11.6. The van der Waals surface area contributed by atoms with Crippen molar-refractivity contribution in [2.24, 2.45) is 5.92 Å². The van der Waals surface area contributed by atoms with Gasteiger partial charge in [-0.1, -0.05) is 12.5 Å². The average Bonchev–Trinajstić information content (AvgIpc) is 2.66. The van der Waals surface area contributed by atoms with Crippen LogP contribution in [0.2, 0.25) is 0 Å². The lowest BCUT2D eigenvalue weighted by Crippen LogP contribution is -2.28. The minimum atomic E-state index is -1.03. The second kappa shape index (κ2) is 6.22. The van der Waals surface area contributed by atoms with Gasteiger partial charge in [-0.3, -0.25) is 4.79 Å². The smallest absolute Gasteiger partial charge is 0.339 e. The predicted octanol–water partition coefficient (Wildman–Crippen LogP) is 2.50. The van der Waals surface area contributed by atoms with E-state index in [0.717, 1.165) is 5.57 Å². The molecule has 0 aromatic carbocycles. The van der Waals surface area contributed by atoms with Crippen molar-refractivity contribution in [2.45, 2.75) is 33.7 Å². The number of rotatable bonds is 6. The quantitative estimate of drug-likeness (QED) is 0.774. The highest BCUT2D eigenvalue weighted by molar-refractivity contribution is 5.88. The third-order valence-corrected chi connectivity index (χ3v) is 2.74. The first-order chi connectivity index (χ1) is 8.81. The second-order valence-electron chi connectivity index (χ2n) is 4.77. The average molecular weight is 265 g/mol. The van der Waals surface area contributed by atoms with E-state index in [1.165, 1.54) is 6.07 Å². The molecule has 2 N–H and O–H groups in total. The number of hydrogen-bond acceptors (Lipinski definition) is 3. The van der Waals surface area contributed by atoms with Crippen molar-refractivity contribution in [3.8, 4) is 0 Å². The zero-order valence-corrected chi connectivity index (χ0v) is 11.4. The number of aryl methyl sites for hydroxylation is 1. The van der Waals surface area contributed by atoms with E-state index in [9.17, 15) is 9.59 Å². The Bertz CT molecular complexity index is 502. The van der Waals surface area contributed by atoms with Crippen molar-refractivity contribution in [1.82, 2.24) is 5.32 Å². The maximum absolute atomic E-state index is 11.8. The maximum Gasteiger partial charge on any atom is 0.339 e. The van der Waals surface area contributed by atoms with Crippen LogP contribution in [0.5, 0.6) is 0 Å². The third kappa shape index (κ3) is 4.28. The maximum atomic E-state index is 11.8. The summed E-state index contributed by atoms with van der Waals surface area (Å²) in [6.45, 7) is 9.23. The molecule has 0 aliphatic carbocycles. The second-order valence-corrected chi connectivity index (χ2v) is 4.77.